The van der Waals surface area contributed by atoms with Crippen molar-refractivity contribution in [3.63, 3.8) is 0 Å². The monoisotopic (exact) mass is 252 g/mol. The molecule has 0 saturated carbocycles. The summed E-state index contributed by atoms with van der Waals surface area (Å²) in [5.74, 6) is 0.890. The number of nitrogens with one attached hydrogen (secondary N) is 1. The van der Waals surface area contributed by atoms with Crippen molar-refractivity contribution < 1.29 is 9.47 Å². The molecular formula is C14H24N2O2. The lowest BCUT2D eigenvalue weighted by Gasteiger charge is -2.18. The van der Waals surface area contributed by atoms with Crippen molar-refractivity contribution in [2.24, 2.45) is 5.73 Å². The maximum atomic E-state index is 5.77. The number of nitrogens with two attached hydrogens (primary N) is 1. The molecule has 3 N–H and O–H groups in total. The maximum Gasteiger partial charge on any atom is 0.119 e. The van der Waals surface area contributed by atoms with Crippen molar-refractivity contribution in [2.75, 3.05) is 26.8 Å². The standard InChI is InChI=1S/C14H24N2O2/c1-11(2)18-13-6-4-12(5-7-13)14(10-15)16-8-9-17-3/h4-7,11,14,16H,8-10,15H2,1-3H3. The first kappa shape index (κ1) is 15.0. The molecule has 1 aromatic rings. The fourth-order valence-corrected chi connectivity index (χ4v) is 1.72. The molecule has 1 unspecified atom stereocenters. The molecule has 102 valence electrons. The number of hydrogen-bond donors (Lipinski definition) is 2. The van der Waals surface area contributed by atoms with E-state index in [4.69, 9.17) is 15.2 Å². The van der Waals surface area contributed by atoms with Crippen LogP contribution in [-0.4, -0.2) is 32.9 Å². The topological polar surface area (TPSA) is 56.5 Å². The Balaban J connectivity index is 2.57. The van der Waals surface area contributed by atoms with Gasteiger partial charge in [0.15, 0.2) is 0 Å². The van der Waals surface area contributed by atoms with Crippen LogP contribution in [0.25, 0.3) is 0 Å². The highest BCUT2D eigenvalue weighted by atomic mass is 16.5. The number of benzene rings is 1. The highest BCUT2D eigenvalue weighted by Crippen LogP contribution is 2.18. The molecule has 0 saturated heterocycles. The molecule has 0 fully saturated rings. The summed E-state index contributed by atoms with van der Waals surface area (Å²) in [6, 6.07) is 8.23. The number of rotatable bonds is 8. The van der Waals surface area contributed by atoms with Gasteiger partial charge in [0.25, 0.3) is 0 Å². The van der Waals surface area contributed by atoms with E-state index < -0.39 is 0 Å². The van der Waals surface area contributed by atoms with E-state index in [1.807, 2.05) is 26.0 Å². The summed E-state index contributed by atoms with van der Waals surface area (Å²) in [7, 11) is 1.69. The van der Waals surface area contributed by atoms with Crippen LogP contribution < -0.4 is 15.8 Å². The second kappa shape index (κ2) is 8.08. The van der Waals surface area contributed by atoms with Crippen LogP contribution in [0.2, 0.25) is 0 Å². The van der Waals surface area contributed by atoms with Crippen LogP contribution in [0.4, 0.5) is 0 Å². The van der Waals surface area contributed by atoms with Gasteiger partial charge in [-0.1, -0.05) is 12.1 Å². The van der Waals surface area contributed by atoms with Gasteiger partial charge in [-0.3, -0.25) is 0 Å². The summed E-state index contributed by atoms with van der Waals surface area (Å²) in [4.78, 5) is 0. The lowest BCUT2D eigenvalue weighted by Crippen LogP contribution is -2.30. The van der Waals surface area contributed by atoms with E-state index in [-0.39, 0.29) is 12.1 Å². The molecule has 0 heterocycles. The molecule has 0 aromatic heterocycles. The highest BCUT2D eigenvalue weighted by Gasteiger charge is 2.08. The summed E-state index contributed by atoms with van der Waals surface area (Å²) in [6.07, 6.45) is 0.195. The van der Waals surface area contributed by atoms with E-state index in [2.05, 4.69) is 17.4 Å². The van der Waals surface area contributed by atoms with Gasteiger partial charge in [-0.2, -0.15) is 0 Å². The molecule has 0 aliphatic carbocycles. The smallest absolute Gasteiger partial charge is 0.119 e. The van der Waals surface area contributed by atoms with E-state index in [1.165, 1.54) is 5.56 Å². The van der Waals surface area contributed by atoms with E-state index in [0.717, 1.165) is 12.3 Å². The normalized spacial score (nSPS) is 12.7. The molecule has 0 radical (unpaired) electrons. The molecule has 18 heavy (non-hydrogen) atoms. The van der Waals surface area contributed by atoms with E-state index in [9.17, 15) is 0 Å². The first-order chi connectivity index (χ1) is 8.67. The van der Waals surface area contributed by atoms with Crippen LogP contribution in [0, 0.1) is 0 Å². The van der Waals surface area contributed by atoms with Gasteiger partial charge in [0.05, 0.1) is 12.7 Å². The molecule has 1 rings (SSSR count). The second-order valence-corrected chi connectivity index (χ2v) is 4.47. The first-order valence-corrected chi connectivity index (χ1v) is 6.36. The molecule has 0 bridgehead atoms. The lowest BCUT2D eigenvalue weighted by molar-refractivity contribution is 0.196. The largest absolute Gasteiger partial charge is 0.491 e. The molecule has 0 aliphatic heterocycles. The minimum Gasteiger partial charge on any atom is -0.491 e. The van der Waals surface area contributed by atoms with E-state index in [0.29, 0.717) is 13.2 Å². The van der Waals surface area contributed by atoms with Crippen LogP contribution in [0.5, 0.6) is 5.75 Å². The fraction of sp³-hybridized carbons (Fsp3) is 0.571. The van der Waals surface area contributed by atoms with Gasteiger partial charge in [0.2, 0.25) is 0 Å². The Kier molecular flexibility index (Phi) is 6.72. The lowest BCUT2D eigenvalue weighted by atomic mass is 10.1. The van der Waals surface area contributed by atoms with Gasteiger partial charge < -0.3 is 20.5 Å². The average Bonchev–Trinajstić information content (AvgIpc) is 2.35. The molecular weight excluding hydrogens is 228 g/mol. The van der Waals surface area contributed by atoms with Crippen molar-refractivity contribution in [2.45, 2.75) is 26.0 Å². The molecule has 4 heteroatoms. The van der Waals surface area contributed by atoms with Gasteiger partial charge in [0, 0.05) is 26.2 Å². The zero-order chi connectivity index (χ0) is 13.4. The van der Waals surface area contributed by atoms with Crippen LogP contribution in [-0.2, 0) is 4.74 Å². The molecule has 0 aliphatic rings. The van der Waals surface area contributed by atoms with Crippen molar-refractivity contribution in [3.05, 3.63) is 29.8 Å². The zero-order valence-electron chi connectivity index (χ0n) is 11.5. The van der Waals surface area contributed by atoms with Crippen molar-refractivity contribution in [1.82, 2.24) is 5.32 Å². The molecule has 1 aromatic carbocycles. The predicted octanol–water partition coefficient (Wildman–Crippen LogP) is 1.71. The quantitative estimate of drug-likeness (QED) is 0.692. The number of ether oxygens (including phenoxy) is 2. The summed E-state index contributed by atoms with van der Waals surface area (Å²) in [5, 5.41) is 3.36. The van der Waals surface area contributed by atoms with Gasteiger partial charge in [-0.15, -0.1) is 0 Å². The molecule has 1 atom stereocenters. The minimum absolute atomic E-state index is 0.160. The first-order valence-electron chi connectivity index (χ1n) is 6.36. The van der Waals surface area contributed by atoms with Crippen LogP contribution in [0.1, 0.15) is 25.5 Å². The van der Waals surface area contributed by atoms with Gasteiger partial charge in [-0.05, 0) is 31.5 Å². The Hall–Kier alpha value is -1.10. The molecule has 0 spiro atoms. The maximum absolute atomic E-state index is 5.77. The van der Waals surface area contributed by atoms with Crippen LogP contribution >= 0.6 is 0 Å². The minimum atomic E-state index is 0.160. The van der Waals surface area contributed by atoms with Crippen molar-refractivity contribution >= 4 is 0 Å². The summed E-state index contributed by atoms with van der Waals surface area (Å²) < 4.78 is 10.6. The third-order valence-electron chi connectivity index (χ3n) is 2.59. The Morgan fingerprint density at radius 2 is 1.89 bits per heavy atom. The Bertz CT molecular complexity index is 325. The van der Waals surface area contributed by atoms with Gasteiger partial charge in [0.1, 0.15) is 5.75 Å². The zero-order valence-corrected chi connectivity index (χ0v) is 11.5. The molecule has 0 amide bonds. The Morgan fingerprint density at radius 3 is 2.39 bits per heavy atom. The summed E-state index contributed by atoms with van der Waals surface area (Å²) >= 11 is 0. The summed E-state index contributed by atoms with van der Waals surface area (Å²) in [5.41, 5.74) is 6.94. The number of methoxy groups -OCH3 is 1. The predicted molar refractivity (Wildman–Crippen MR) is 73.9 cm³/mol. The third kappa shape index (κ3) is 5.04. The second-order valence-electron chi connectivity index (χ2n) is 4.47. The third-order valence-corrected chi connectivity index (χ3v) is 2.59. The molecule has 4 nitrogen and oxygen atoms in total. The van der Waals surface area contributed by atoms with Gasteiger partial charge in [-0.25, -0.2) is 0 Å². The number of hydrogen-bond acceptors (Lipinski definition) is 4. The van der Waals surface area contributed by atoms with E-state index >= 15 is 0 Å². The van der Waals surface area contributed by atoms with Crippen molar-refractivity contribution in [1.29, 1.82) is 0 Å². The average molecular weight is 252 g/mol. The van der Waals surface area contributed by atoms with Crippen LogP contribution in [0.3, 0.4) is 0 Å². The summed E-state index contributed by atoms with van der Waals surface area (Å²) in [6.45, 7) is 6.08. The Morgan fingerprint density at radius 1 is 1.22 bits per heavy atom. The van der Waals surface area contributed by atoms with Gasteiger partial charge >= 0.3 is 0 Å². The van der Waals surface area contributed by atoms with E-state index in [1.54, 1.807) is 7.11 Å². The Labute approximate surface area is 109 Å². The SMILES string of the molecule is COCCNC(CN)c1ccc(OC(C)C)cc1. The highest BCUT2D eigenvalue weighted by molar-refractivity contribution is 5.29. The van der Waals surface area contributed by atoms with Crippen molar-refractivity contribution in [3.8, 4) is 5.75 Å². The van der Waals surface area contributed by atoms with Crippen LogP contribution in [0.15, 0.2) is 24.3 Å². The fourth-order valence-electron chi connectivity index (χ4n) is 1.72.